The van der Waals surface area contributed by atoms with E-state index in [4.69, 9.17) is 9.40 Å². The predicted octanol–water partition coefficient (Wildman–Crippen LogP) is 26.3. The monoisotopic (exact) mass is 1560 g/mol. The van der Waals surface area contributed by atoms with E-state index in [1.807, 2.05) is 24.3 Å². The van der Waals surface area contributed by atoms with Crippen molar-refractivity contribution in [2.24, 2.45) is 56.4 Å². The van der Waals surface area contributed by atoms with Crippen molar-refractivity contribution in [1.29, 1.82) is 0 Å². The molecule has 0 saturated heterocycles. The molecule has 0 atom stereocenters. The van der Waals surface area contributed by atoms with Gasteiger partial charge in [-0.2, -0.15) is 0 Å². The van der Waals surface area contributed by atoms with Crippen molar-refractivity contribution in [2.45, 2.75) is 61.3 Å². The predicted molar refractivity (Wildman–Crippen MR) is 501 cm³/mol. The van der Waals surface area contributed by atoms with Crippen molar-refractivity contribution in [3.05, 3.63) is 349 Å². The molecule has 13 nitrogen and oxygen atoms in total. The first-order valence-corrected chi connectivity index (χ1v) is 41.1. The minimum absolute atomic E-state index is 0.497. The number of para-hydroxylation sites is 6. The maximum Gasteiger partial charge on any atom is 0.215 e. The maximum atomic E-state index is 5.97. The van der Waals surface area contributed by atoms with Crippen LogP contribution in [0.4, 0.5) is 0 Å². The van der Waals surface area contributed by atoms with Crippen LogP contribution in [0.15, 0.2) is 314 Å². The summed E-state index contributed by atoms with van der Waals surface area (Å²) < 4.78 is 31.1. The summed E-state index contributed by atoms with van der Waals surface area (Å²) in [5, 5.41) is 10.4. The second-order valence-electron chi connectivity index (χ2n) is 31.9. The lowest BCUT2D eigenvalue weighted by molar-refractivity contribution is 0.657. The molecule has 0 N–H and O–H groups in total. The normalized spacial score (nSPS) is 11.6. The van der Waals surface area contributed by atoms with Crippen LogP contribution in [0, 0.1) is 41.5 Å². The van der Waals surface area contributed by atoms with Gasteiger partial charge in [-0.15, -0.1) is 0 Å². The van der Waals surface area contributed by atoms with Gasteiger partial charge in [-0.1, -0.05) is 275 Å². The highest BCUT2D eigenvalue weighted by Crippen LogP contribution is 2.44. The van der Waals surface area contributed by atoms with Gasteiger partial charge in [0.2, 0.25) is 5.78 Å². The summed E-state index contributed by atoms with van der Waals surface area (Å²) in [7, 11) is 17.1. The van der Waals surface area contributed by atoms with Crippen molar-refractivity contribution in [2.75, 3.05) is 0 Å². The fourth-order valence-electron chi connectivity index (χ4n) is 18.7. The Balaban J connectivity index is 0.0000000983. The maximum absolute atomic E-state index is 5.97. The Kier molecular flexibility index (Phi) is 19.7. The standard InChI is InChI=1S/2C19H18N2.2C18H16N2.C17H15N3.C15H17NO/c1-13-17(14-9-5-4-6-10-14)19-18(20(13)2)15-11-7-8-12-16(15)21(19)3;1-13-17(14-9-5-4-6-10-14)18-15-11-7-8-12-16(15)21(3)19(18)20(13)2;1-13-17(14-8-4-3-5-9-14)20-12-15-10-6-7-11-16(15)18(20)19(13)2;1-13-18(14-8-4-3-5-9-14)20-16-11-7-6-10-15(16)12-17(20)19(13)2;1-12-16(13-8-4-3-5-9-13)20-15-11-7-6-10-14(15)18-17(20)19(12)2;1-9(2)14-13-11-7-5-6-8-12(11)17-15(13)10(3)16(14)4/h2*4-12H,1-3H3;2*3-12H,1-2H3;3-11H,1-2H3;5-9H,1-4H3. The first kappa shape index (κ1) is 76.1. The molecule has 0 aliphatic rings. The highest BCUT2D eigenvalue weighted by atomic mass is 16.3. The van der Waals surface area contributed by atoms with Crippen molar-refractivity contribution in [1.82, 2.24) is 54.7 Å². The van der Waals surface area contributed by atoms with Gasteiger partial charge in [-0.3, -0.25) is 13.2 Å². The molecule has 23 aromatic rings. The lowest BCUT2D eigenvalue weighted by Gasteiger charge is -2.08. The number of fused-ring (bicyclic) bond motifs is 18. The van der Waals surface area contributed by atoms with E-state index in [0.717, 1.165) is 28.0 Å². The Morgan fingerprint density at radius 3 is 1.35 bits per heavy atom. The molecule has 0 saturated carbocycles. The van der Waals surface area contributed by atoms with E-state index < -0.39 is 0 Å². The van der Waals surface area contributed by atoms with E-state index in [-0.39, 0.29) is 0 Å². The summed E-state index contributed by atoms with van der Waals surface area (Å²) >= 11 is 0. The number of hydrogen-bond acceptors (Lipinski definition) is 2. The molecule has 590 valence electrons. The van der Waals surface area contributed by atoms with Gasteiger partial charge in [-0.25, -0.2) is 4.98 Å². The average molecular weight is 1560 g/mol. The number of rotatable bonds is 6. The number of aryl methyl sites for hydroxylation is 8. The van der Waals surface area contributed by atoms with Gasteiger partial charge >= 0.3 is 0 Å². The van der Waals surface area contributed by atoms with Crippen LogP contribution < -0.4 is 0 Å². The molecule has 119 heavy (non-hydrogen) atoms. The molecular weight excluding hydrogens is 1460 g/mol. The van der Waals surface area contributed by atoms with Crippen molar-refractivity contribution >= 4 is 116 Å². The second kappa shape index (κ2) is 30.8. The molecule has 0 amide bonds. The third-order valence-electron chi connectivity index (χ3n) is 25.0. The van der Waals surface area contributed by atoms with E-state index in [1.54, 1.807) is 0 Å². The first-order chi connectivity index (χ1) is 57.8. The molecule has 0 fully saturated rings. The van der Waals surface area contributed by atoms with Crippen LogP contribution in [0.2, 0.25) is 0 Å². The van der Waals surface area contributed by atoms with Gasteiger partial charge in [0, 0.05) is 168 Å². The van der Waals surface area contributed by atoms with Gasteiger partial charge < -0.3 is 41.0 Å². The largest absolute Gasteiger partial charge is 0.454 e. The van der Waals surface area contributed by atoms with Crippen LogP contribution in [0.3, 0.4) is 0 Å². The highest BCUT2D eigenvalue weighted by molar-refractivity contribution is 6.16. The molecule has 12 aromatic heterocycles. The van der Waals surface area contributed by atoms with Crippen LogP contribution in [0.1, 0.15) is 59.6 Å². The summed E-state index contributed by atoms with van der Waals surface area (Å²) in [6.45, 7) is 17.5. The smallest absolute Gasteiger partial charge is 0.215 e. The molecule has 23 rings (SSSR count). The SMILES string of the molecule is Cc1c(-c2ccccc2)c2c(c3ccccc3n2C)n1C.Cc1c(-c2ccccc2)c2c3ccccc3n(C)c2n1C.Cc1c(-c2ccccc2)n2c3ccccc3cc2n1C.Cc1c(-c2ccccc2)n2c3ccccc3nc2n1C.Cc1c(-c2ccccc2)n2cc3ccccc3c2n1C.Cc1c2oc3ccccc3c2c(C(C)C)n1C. The number of furan rings is 1. The number of benzene rings is 11. The summed E-state index contributed by atoms with van der Waals surface area (Å²) in [6, 6.07) is 106. The second-order valence-corrected chi connectivity index (χ2v) is 31.9. The van der Waals surface area contributed by atoms with Crippen LogP contribution in [-0.4, -0.2) is 54.7 Å². The van der Waals surface area contributed by atoms with E-state index in [2.05, 4.69) is 447 Å². The van der Waals surface area contributed by atoms with Gasteiger partial charge in [0.25, 0.3) is 0 Å². The first-order valence-electron chi connectivity index (χ1n) is 41.1. The molecule has 0 aliphatic carbocycles. The van der Waals surface area contributed by atoms with Crippen LogP contribution >= 0.6 is 0 Å². The minimum atomic E-state index is 0.497. The lowest BCUT2D eigenvalue weighted by atomic mass is 10.0. The van der Waals surface area contributed by atoms with Crippen LogP contribution in [0.5, 0.6) is 0 Å². The number of aromatic nitrogens is 12. The fourth-order valence-corrected chi connectivity index (χ4v) is 18.7. The Morgan fingerprint density at radius 2 is 0.748 bits per heavy atom. The van der Waals surface area contributed by atoms with Crippen molar-refractivity contribution in [3.8, 4) is 56.0 Å². The summed E-state index contributed by atoms with van der Waals surface area (Å²) in [6.07, 6.45) is 2.24. The van der Waals surface area contributed by atoms with Gasteiger partial charge in [-0.05, 0) is 101 Å². The van der Waals surface area contributed by atoms with E-state index in [0.29, 0.717) is 5.92 Å². The molecule has 0 radical (unpaired) electrons. The zero-order valence-electron chi connectivity index (χ0n) is 70.8. The minimum Gasteiger partial charge on any atom is -0.454 e. The Labute approximate surface area is 693 Å². The molecule has 13 heteroatoms. The number of nitrogens with zero attached hydrogens (tertiary/aromatic N) is 12. The fraction of sp³-hybridized carbons (Fsp3) is 0.160. The van der Waals surface area contributed by atoms with Gasteiger partial charge in [0.05, 0.1) is 61.4 Å². The molecule has 0 unspecified atom stereocenters. The molecular formula is C106H100N12O. The average Bonchev–Trinajstić information content (AvgIpc) is 1.55. The zero-order chi connectivity index (χ0) is 82.3. The highest BCUT2D eigenvalue weighted by Gasteiger charge is 2.26. The number of hydrogen-bond donors (Lipinski definition) is 0. The molecule has 0 aliphatic heterocycles. The van der Waals surface area contributed by atoms with Gasteiger partial charge in [0.1, 0.15) is 22.5 Å². The lowest BCUT2D eigenvalue weighted by Crippen LogP contribution is -2.00. The zero-order valence-corrected chi connectivity index (χ0v) is 70.8. The Bertz CT molecular complexity index is 7540. The molecule has 0 bridgehead atoms. The molecule has 12 heterocycles. The van der Waals surface area contributed by atoms with E-state index >= 15 is 0 Å². The number of imidazole rings is 4. The third kappa shape index (κ3) is 12.6. The van der Waals surface area contributed by atoms with Crippen molar-refractivity contribution in [3.63, 3.8) is 0 Å². The Morgan fingerprint density at radius 1 is 0.303 bits per heavy atom. The van der Waals surface area contributed by atoms with E-state index in [1.165, 1.54) is 183 Å². The van der Waals surface area contributed by atoms with Crippen molar-refractivity contribution < 1.29 is 4.42 Å². The molecule has 11 aromatic carbocycles. The Hall–Kier alpha value is -14.2. The summed E-state index contributed by atoms with van der Waals surface area (Å²) in [5.74, 6) is 1.49. The third-order valence-corrected chi connectivity index (χ3v) is 25.0. The van der Waals surface area contributed by atoms with Crippen LogP contribution in [-0.2, 0) is 56.4 Å². The van der Waals surface area contributed by atoms with Gasteiger partial charge in [0.15, 0.2) is 5.58 Å². The summed E-state index contributed by atoms with van der Waals surface area (Å²) in [5.41, 5.74) is 36.3. The van der Waals surface area contributed by atoms with E-state index in [9.17, 15) is 0 Å². The molecule has 0 spiro atoms. The quantitative estimate of drug-likeness (QED) is 0.166. The topological polar surface area (TPSA) is 78.7 Å². The van der Waals surface area contributed by atoms with Crippen LogP contribution in [0.25, 0.3) is 172 Å². The summed E-state index contributed by atoms with van der Waals surface area (Å²) in [4.78, 5) is 4.75.